The number of hydrogen-bond acceptors (Lipinski definition) is 4. The van der Waals surface area contributed by atoms with Crippen LogP contribution in [0.3, 0.4) is 0 Å². The lowest BCUT2D eigenvalue weighted by molar-refractivity contribution is -0.119. The monoisotopic (exact) mass is 392 g/mol. The van der Waals surface area contributed by atoms with Gasteiger partial charge in [-0.3, -0.25) is 9.10 Å². The lowest BCUT2D eigenvalue weighted by Crippen LogP contribution is -2.33. The van der Waals surface area contributed by atoms with Crippen LogP contribution in [0.2, 0.25) is 0 Å². The van der Waals surface area contributed by atoms with Crippen molar-refractivity contribution in [2.45, 2.75) is 36.1 Å². The van der Waals surface area contributed by atoms with Gasteiger partial charge in [0.25, 0.3) is 10.0 Å². The van der Waals surface area contributed by atoms with Crippen LogP contribution >= 0.6 is 11.8 Å². The van der Waals surface area contributed by atoms with Crippen LogP contribution in [0.5, 0.6) is 0 Å². The summed E-state index contributed by atoms with van der Waals surface area (Å²) in [5.74, 6) is 0.283. The van der Waals surface area contributed by atoms with Gasteiger partial charge in [0, 0.05) is 18.0 Å². The Kier molecular flexibility index (Phi) is 7.11. The van der Waals surface area contributed by atoms with Crippen molar-refractivity contribution in [1.82, 2.24) is 5.32 Å². The second-order valence-electron chi connectivity index (χ2n) is 5.94. The van der Waals surface area contributed by atoms with Crippen LogP contribution in [0.4, 0.5) is 5.69 Å². The van der Waals surface area contributed by atoms with Gasteiger partial charge in [-0.25, -0.2) is 8.42 Å². The van der Waals surface area contributed by atoms with Crippen molar-refractivity contribution in [3.05, 3.63) is 54.6 Å². The number of carbonyl (C=O) groups excluding carboxylic acids is 1. The van der Waals surface area contributed by atoms with E-state index < -0.39 is 10.0 Å². The average Bonchev–Trinajstić information content (AvgIpc) is 2.66. The second-order valence-corrected chi connectivity index (χ2v) is 8.96. The normalized spacial score (nSPS) is 12.4. The van der Waals surface area contributed by atoms with E-state index in [2.05, 4.69) is 5.32 Å². The molecule has 0 fully saturated rings. The molecule has 5 nitrogen and oxygen atoms in total. The van der Waals surface area contributed by atoms with Crippen molar-refractivity contribution in [3.63, 3.8) is 0 Å². The maximum atomic E-state index is 12.7. The Morgan fingerprint density at radius 3 is 2.31 bits per heavy atom. The van der Waals surface area contributed by atoms with E-state index in [1.165, 1.54) is 23.1 Å². The van der Waals surface area contributed by atoms with Gasteiger partial charge < -0.3 is 5.32 Å². The first-order valence-corrected chi connectivity index (χ1v) is 10.8. The Morgan fingerprint density at radius 1 is 1.12 bits per heavy atom. The summed E-state index contributed by atoms with van der Waals surface area (Å²) in [5, 5.41) is 2.91. The molecule has 0 aromatic heterocycles. The Bertz CT molecular complexity index is 822. The van der Waals surface area contributed by atoms with Crippen molar-refractivity contribution >= 4 is 33.4 Å². The molecule has 0 heterocycles. The Balaban J connectivity index is 2.03. The van der Waals surface area contributed by atoms with E-state index in [9.17, 15) is 13.2 Å². The molecule has 0 saturated carbocycles. The van der Waals surface area contributed by atoms with E-state index in [1.807, 2.05) is 19.9 Å². The number of nitrogens with one attached hydrogen (secondary N) is 1. The number of benzene rings is 2. The van der Waals surface area contributed by atoms with Crippen molar-refractivity contribution in [2.75, 3.05) is 17.1 Å². The number of hydrogen-bond donors (Lipinski definition) is 1. The third-order valence-corrected chi connectivity index (χ3v) is 6.80. The summed E-state index contributed by atoms with van der Waals surface area (Å²) in [6.07, 6.45) is 0.887. The lowest BCUT2D eigenvalue weighted by Gasteiger charge is -2.19. The molecule has 0 aliphatic carbocycles. The average molecular weight is 393 g/mol. The first-order valence-electron chi connectivity index (χ1n) is 8.40. The fraction of sp³-hybridized carbons (Fsp3) is 0.316. The van der Waals surface area contributed by atoms with Crippen LogP contribution in [-0.2, 0) is 14.8 Å². The summed E-state index contributed by atoms with van der Waals surface area (Å²) in [6, 6.07) is 15.7. The molecule has 2 aromatic carbocycles. The van der Waals surface area contributed by atoms with Gasteiger partial charge in [-0.05, 0) is 49.7 Å². The molecule has 1 amide bonds. The Morgan fingerprint density at radius 2 is 1.73 bits per heavy atom. The van der Waals surface area contributed by atoms with Gasteiger partial charge in [0.2, 0.25) is 5.91 Å². The predicted octanol–water partition coefficient (Wildman–Crippen LogP) is 3.52. The molecule has 1 N–H and O–H groups in total. The highest BCUT2D eigenvalue weighted by Crippen LogP contribution is 2.24. The van der Waals surface area contributed by atoms with Crippen LogP contribution in [0.1, 0.15) is 20.3 Å². The molecule has 1 atom stereocenters. The molecule has 0 aliphatic rings. The minimum Gasteiger partial charge on any atom is -0.353 e. The number of amides is 1. The molecule has 2 rings (SSSR count). The number of para-hydroxylation sites is 1. The molecule has 2 aromatic rings. The molecule has 0 saturated heterocycles. The van der Waals surface area contributed by atoms with E-state index in [1.54, 1.807) is 48.5 Å². The summed E-state index contributed by atoms with van der Waals surface area (Å²) < 4.78 is 26.7. The van der Waals surface area contributed by atoms with Gasteiger partial charge in [-0.2, -0.15) is 0 Å². The molecule has 7 heteroatoms. The second kappa shape index (κ2) is 9.09. The smallest absolute Gasteiger partial charge is 0.264 e. The van der Waals surface area contributed by atoms with Crippen molar-refractivity contribution in [2.24, 2.45) is 0 Å². The molecule has 0 spiro atoms. The number of rotatable bonds is 8. The third kappa shape index (κ3) is 5.25. The number of anilines is 1. The van der Waals surface area contributed by atoms with E-state index in [0.29, 0.717) is 11.4 Å². The van der Waals surface area contributed by atoms with E-state index in [-0.39, 0.29) is 16.8 Å². The summed E-state index contributed by atoms with van der Waals surface area (Å²) in [5.41, 5.74) is 0.604. The first-order chi connectivity index (χ1) is 12.3. The number of sulfonamides is 1. The van der Waals surface area contributed by atoms with Crippen LogP contribution in [0.15, 0.2) is 64.4 Å². The topological polar surface area (TPSA) is 66.5 Å². The molecule has 1 unspecified atom stereocenters. The van der Waals surface area contributed by atoms with Gasteiger partial charge in [0.1, 0.15) is 0 Å². The zero-order valence-corrected chi connectivity index (χ0v) is 16.8. The Hall–Kier alpha value is -1.99. The minimum atomic E-state index is -3.61. The number of thioether (sulfide) groups is 1. The van der Waals surface area contributed by atoms with Crippen molar-refractivity contribution < 1.29 is 13.2 Å². The quantitative estimate of drug-likeness (QED) is 0.698. The summed E-state index contributed by atoms with van der Waals surface area (Å²) >= 11 is 1.38. The lowest BCUT2D eigenvalue weighted by atomic mass is 10.3. The van der Waals surface area contributed by atoms with Gasteiger partial charge in [-0.1, -0.05) is 25.1 Å². The molecular formula is C19H24N2O3S2. The predicted molar refractivity (Wildman–Crippen MR) is 107 cm³/mol. The van der Waals surface area contributed by atoms with E-state index in [0.717, 1.165) is 11.3 Å². The van der Waals surface area contributed by atoms with Crippen LogP contribution < -0.4 is 9.62 Å². The molecule has 0 radical (unpaired) electrons. The van der Waals surface area contributed by atoms with E-state index >= 15 is 0 Å². The maximum absolute atomic E-state index is 12.7. The standard InChI is InChI=1S/C19H24N2O3S2/c1-4-15(2)20-19(22)14-25-17-10-12-18(13-11-17)26(23,24)21(3)16-8-6-5-7-9-16/h5-13,15H,4,14H2,1-3H3,(H,20,22). The number of carbonyl (C=O) groups is 1. The summed E-state index contributed by atoms with van der Waals surface area (Å²) in [7, 11) is -2.08. The maximum Gasteiger partial charge on any atom is 0.264 e. The minimum absolute atomic E-state index is 0.0233. The fourth-order valence-electron chi connectivity index (χ4n) is 2.21. The zero-order valence-electron chi connectivity index (χ0n) is 15.2. The van der Waals surface area contributed by atoms with Crippen LogP contribution in [0, 0.1) is 0 Å². The SMILES string of the molecule is CCC(C)NC(=O)CSc1ccc(S(=O)(=O)N(C)c2ccccc2)cc1. The highest BCUT2D eigenvalue weighted by Gasteiger charge is 2.21. The highest BCUT2D eigenvalue weighted by molar-refractivity contribution is 8.00. The molecule has 0 bridgehead atoms. The van der Waals surface area contributed by atoms with Gasteiger partial charge >= 0.3 is 0 Å². The largest absolute Gasteiger partial charge is 0.353 e. The van der Waals surface area contributed by atoms with Gasteiger partial charge in [-0.15, -0.1) is 11.8 Å². The number of nitrogens with zero attached hydrogens (tertiary/aromatic N) is 1. The molecular weight excluding hydrogens is 368 g/mol. The van der Waals surface area contributed by atoms with Gasteiger partial charge in [0.05, 0.1) is 16.3 Å². The molecule has 140 valence electrons. The van der Waals surface area contributed by atoms with Crippen LogP contribution in [-0.4, -0.2) is 33.2 Å². The Labute approximate surface area is 159 Å². The first kappa shape index (κ1) is 20.3. The molecule has 0 aliphatic heterocycles. The van der Waals surface area contributed by atoms with Crippen molar-refractivity contribution in [3.8, 4) is 0 Å². The van der Waals surface area contributed by atoms with E-state index in [4.69, 9.17) is 0 Å². The summed E-state index contributed by atoms with van der Waals surface area (Å²) in [4.78, 5) is 12.9. The molecule has 26 heavy (non-hydrogen) atoms. The zero-order chi connectivity index (χ0) is 19.2. The van der Waals surface area contributed by atoms with Crippen molar-refractivity contribution in [1.29, 1.82) is 0 Å². The van der Waals surface area contributed by atoms with Gasteiger partial charge in [0.15, 0.2) is 0 Å². The van der Waals surface area contributed by atoms with Crippen LogP contribution in [0.25, 0.3) is 0 Å². The highest BCUT2D eigenvalue weighted by atomic mass is 32.2. The summed E-state index contributed by atoms with van der Waals surface area (Å²) in [6.45, 7) is 3.98. The fourth-order valence-corrected chi connectivity index (χ4v) is 4.12. The third-order valence-electron chi connectivity index (χ3n) is 3.99.